The number of carbonyl (C=O) groups is 2. The van der Waals surface area contributed by atoms with Crippen molar-refractivity contribution < 1.29 is 19.4 Å². The number of carbonyl (C=O) groups excluding carboxylic acids is 1. The summed E-state index contributed by atoms with van der Waals surface area (Å²) >= 11 is 1.60. The lowest BCUT2D eigenvalue weighted by Crippen LogP contribution is -2.44. The summed E-state index contributed by atoms with van der Waals surface area (Å²) < 4.78 is 6.40. The number of piperidine rings is 2. The number of aromatic nitrogens is 1. The first-order valence-electron chi connectivity index (χ1n) is 14.9. The number of aliphatic imine (C=N–C) groups is 1. The minimum absolute atomic E-state index is 0.0771. The van der Waals surface area contributed by atoms with E-state index in [-0.39, 0.29) is 23.7 Å². The molecule has 6 rings (SSSR count). The standard InChI is InChI=1S/C33H38N4O4S/c1-21-6-11-29(41-19-25-10-7-22(15-26(25)16-34-2)31(38)36-12-4-3-5-13-36)27(14-21)28-20-42-33(35-28)37-17-23-8-9-24(18-37)30(23)32(39)40/h6-7,10-11,14-16,20,23-24,30H,3-5,8-9,12-13,17-19H2,1-2H3,(H,39,40)/b34-16-/t23-,24+,30+. The topological polar surface area (TPSA) is 95.3 Å². The number of thiazole rings is 1. The molecule has 1 N–H and O–H groups in total. The molecular weight excluding hydrogens is 548 g/mol. The number of aryl methyl sites for hydroxylation is 1. The van der Waals surface area contributed by atoms with Crippen LogP contribution < -0.4 is 9.64 Å². The Hall–Kier alpha value is -3.72. The number of benzene rings is 2. The number of hydrogen-bond acceptors (Lipinski definition) is 7. The van der Waals surface area contributed by atoms with Crippen LogP contribution in [0.25, 0.3) is 11.3 Å². The molecule has 2 aliphatic heterocycles. The summed E-state index contributed by atoms with van der Waals surface area (Å²) in [4.78, 5) is 38.3. The molecule has 3 aromatic rings. The Morgan fingerprint density at radius 1 is 1.10 bits per heavy atom. The average Bonchev–Trinajstić information content (AvgIpc) is 3.60. The molecule has 0 unspecified atom stereocenters. The largest absolute Gasteiger partial charge is 0.488 e. The van der Waals surface area contributed by atoms with E-state index in [4.69, 9.17) is 9.72 Å². The minimum Gasteiger partial charge on any atom is -0.488 e. The van der Waals surface area contributed by atoms with E-state index in [1.807, 2.05) is 35.2 Å². The molecule has 9 heteroatoms. The van der Waals surface area contributed by atoms with Gasteiger partial charge in [0, 0.05) is 55.9 Å². The highest BCUT2D eigenvalue weighted by atomic mass is 32.1. The van der Waals surface area contributed by atoms with E-state index < -0.39 is 5.97 Å². The van der Waals surface area contributed by atoms with Crippen LogP contribution in [0, 0.1) is 24.7 Å². The third-order valence-corrected chi connectivity index (χ3v) is 9.88. The Kier molecular flexibility index (Phi) is 8.29. The molecule has 1 aromatic heterocycles. The van der Waals surface area contributed by atoms with Gasteiger partial charge < -0.3 is 19.6 Å². The number of ether oxygens (including phenoxy) is 1. The zero-order valence-corrected chi connectivity index (χ0v) is 25.1. The molecule has 220 valence electrons. The zero-order chi connectivity index (χ0) is 29.2. The number of fused-ring (bicyclic) bond motifs is 2. The van der Waals surface area contributed by atoms with Crippen LogP contribution in [0.15, 0.2) is 46.8 Å². The molecule has 3 aliphatic rings. The maximum Gasteiger partial charge on any atom is 0.307 e. The molecule has 8 nitrogen and oxygen atoms in total. The Labute approximate surface area is 251 Å². The van der Waals surface area contributed by atoms with Crippen molar-refractivity contribution in [1.29, 1.82) is 0 Å². The predicted octanol–water partition coefficient (Wildman–Crippen LogP) is 5.92. The highest BCUT2D eigenvalue weighted by Crippen LogP contribution is 2.44. The molecule has 2 aromatic carbocycles. The Morgan fingerprint density at radius 3 is 2.57 bits per heavy atom. The third-order valence-electron chi connectivity index (χ3n) is 8.98. The van der Waals surface area contributed by atoms with Gasteiger partial charge in [0.15, 0.2) is 5.13 Å². The number of hydrogen-bond donors (Lipinski definition) is 1. The highest BCUT2D eigenvalue weighted by molar-refractivity contribution is 7.14. The van der Waals surface area contributed by atoms with E-state index in [1.165, 1.54) is 6.42 Å². The van der Waals surface area contributed by atoms with E-state index in [0.29, 0.717) is 12.2 Å². The number of carboxylic acids is 1. The second kappa shape index (κ2) is 12.3. The quantitative estimate of drug-likeness (QED) is 0.329. The molecule has 0 spiro atoms. The summed E-state index contributed by atoms with van der Waals surface area (Å²) in [6.45, 7) is 5.51. The first kappa shape index (κ1) is 28.4. The van der Waals surface area contributed by atoms with Crippen molar-refractivity contribution >= 4 is 34.6 Å². The van der Waals surface area contributed by atoms with Gasteiger partial charge in [0.2, 0.25) is 0 Å². The van der Waals surface area contributed by atoms with Gasteiger partial charge in [-0.1, -0.05) is 17.7 Å². The van der Waals surface area contributed by atoms with Gasteiger partial charge in [-0.3, -0.25) is 14.6 Å². The monoisotopic (exact) mass is 586 g/mol. The van der Waals surface area contributed by atoms with Crippen molar-refractivity contribution in [2.45, 2.75) is 45.6 Å². The maximum absolute atomic E-state index is 13.1. The lowest BCUT2D eigenvalue weighted by molar-refractivity contribution is -0.144. The summed E-state index contributed by atoms with van der Waals surface area (Å²) in [5.74, 6) is 0.322. The van der Waals surface area contributed by atoms with E-state index in [1.54, 1.807) is 24.6 Å². The molecule has 2 saturated heterocycles. The summed E-state index contributed by atoms with van der Waals surface area (Å²) in [6, 6.07) is 11.9. The van der Waals surface area contributed by atoms with Gasteiger partial charge in [0.1, 0.15) is 12.4 Å². The fourth-order valence-electron chi connectivity index (χ4n) is 6.84. The maximum atomic E-state index is 13.1. The van der Waals surface area contributed by atoms with Crippen LogP contribution >= 0.6 is 11.3 Å². The lowest BCUT2D eigenvalue weighted by atomic mass is 9.85. The smallest absolute Gasteiger partial charge is 0.307 e. The molecule has 3 atom stereocenters. The normalized spacial score (nSPS) is 22.1. The number of carboxylic acid groups (broad SMARTS) is 1. The van der Waals surface area contributed by atoms with Gasteiger partial charge in [-0.15, -0.1) is 11.3 Å². The minimum atomic E-state index is -0.653. The van der Waals surface area contributed by atoms with Crippen molar-refractivity contribution in [3.05, 3.63) is 64.0 Å². The van der Waals surface area contributed by atoms with Crippen LogP contribution in [-0.4, -0.2) is 66.3 Å². The average molecular weight is 587 g/mol. The number of anilines is 1. The fourth-order valence-corrected chi connectivity index (χ4v) is 7.68. The van der Waals surface area contributed by atoms with Gasteiger partial charge >= 0.3 is 5.97 Å². The molecule has 1 aliphatic carbocycles. The van der Waals surface area contributed by atoms with Gasteiger partial charge in [0.25, 0.3) is 5.91 Å². The van der Waals surface area contributed by atoms with Crippen molar-refractivity contribution in [3.8, 4) is 17.0 Å². The first-order chi connectivity index (χ1) is 20.4. The summed E-state index contributed by atoms with van der Waals surface area (Å²) in [5.41, 5.74) is 5.43. The van der Waals surface area contributed by atoms with E-state index in [9.17, 15) is 14.7 Å². The van der Waals surface area contributed by atoms with Crippen molar-refractivity contribution in [2.24, 2.45) is 22.7 Å². The highest BCUT2D eigenvalue weighted by Gasteiger charge is 2.46. The van der Waals surface area contributed by atoms with Crippen molar-refractivity contribution in [1.82, 2.24) is 9.88 Å². The summed E-state index contributed by atoms with van der Waals surface area (Å²) in [7, 11) is 1.73. The number of amides is 1. The second-order valence-electron chi connectivity index (χ2n) is 11.8. The molecule has 42 heavy (non-hydrogen) atoms. The van der Waals surface area contributed by atoms with Gasteiger partial charge in [0.05, 0.1) is 11.6 Å². The zero-order valence-electron chi connectivity index (χ0n) is 24.3. The summed E-state index contributed by atoms with van der Waals surface area (Å²) in [6.07, 6.45) is 7.04. The number of rotatable bonds is 8. The third kappa shape index (κ3) is 5.79. The van der Waals surface area contributed by atoms with E-state index in [2.05, 4.69) is 28.3 Å². The van der Waals surface area contributed by atoms with Crippen LogP contribution in [0.1, 0.15) is 59.2 Å². The number of nitrogens with zero attached hydrogens (tertiary/aromatic N) is 4. The Morgan fingerprint density at radius 2 is 1.86 bits per heavy atom. The predicted molar refractivity (Wildman–Crippen MR) is 166 cm³/mol. The van der Waals surface area contributed by atoms with Crippen molar-refractivity contribution in [2.75, 3.05) is 38.1 Å². The number of likely N-dealkylation sites (tertiary alicyclic amines) is 1. The van der Waals surface area contributed by atoms with Crippen LogP contribution in [0.3, 0.4) is 0 Å². The first-order valence-corrected chi connectivity index (χ1v) is 15.8. The van der Waals surface area contributed by atoms with Crippen LogP contribution in [0.5, 0.6) is 5.75 Å². The molecule has 1 amide bonds. The van der Waals surface area contributed by atoms with Crippen LogP contribution in [0.2, 0.25) is 0 Å². The Bertz CT molecular complexity index is 1480. The van der Waals surface area contributed by atoms with E-state index in [0.717, 1.165) is 90.7 Å². The summed E-state index contributed by atoms with van der Waals surface area (Å²) in [5, 5.41) is 12.7. The Balaban J connectivity index is 1.19. The van der Waals surface area contributed by atoms with E-state index >= 15 is 0 Å². The lowest BCUT2D eigenvalue weighted by Gasteiger charge is -2.35. The van der Waals surface area contributed by atoms with Gasteiger partial charge in [-0.2, -0.15) is 0 Å². The van der Waals surface area contributed by atoms with Gasteiger partial charge in [-0.05, 0) is 86.3 Å². The molecule has 1 saturated carbocycles. The second-order valence-corrected chi connectivity index (χ2v) is 12.7. The van der Waals surface area contributed by atoms with Crippen LogP contribution in [0.4, 0.5) is 5.13 Å². The molecule has 2 bridgehead atoms. The SMILES string of the molecule is C/N=C\c1cc(C(=O)N2CCCCC2)ccc1COc1ccc(C)cc1-c1csc(N2C[C@H]3CC[C@@H](C2)[C@H]3C(=O)O)n1. The molecule has 3 heterocycles. The fraction of sp³-hybridized carbons (Fsp3) is 0.455. The molecule has 0 radical (unpaired) electrons. The van der Waals surface area contributed by atoms with Gasteiger partial charge in [-0.25, -0.2) is 4.98 Å². The van der Waals surface area contributed by atoms with Crippen LogP contribution in [-0.2, 0) is 11.4 Å². The molecule has 3 fully saturated rings. The van der Waals surface area contributed by atoms with Crippen molar-refractivity contribution in [3.63, 3.8) is 0 Å². The number of aliphatic carboxylic acids is 1. The molecular formula is C33H38N4O4S.